The number of nitrogens with one attached hydrogen (secondary N) is 1. The summed E-state index contributed by atoms with van der Waals surface area (Å²) in [5.74, 6) is 0. The van der Waals surface area contributed by atoms with Crippen LogP contribution in [0.4, 0.5) is 0 Å². The van der Waals surface area contributed by atoms with E-state index in [9.17, 15) is 0 Å². The molecule has 1 fully saturated rings. The SMILES string of the molecule is CCCN1CCNCC1.N. The van der Waals surface area contributed by atoms with Crippen molar-refractivity contribution >= 4 is 0 Å². The van der Waals surface area contributed by atoms with Crippen LogP contribution in [0, 0.1) is 0 Å². The van der Waals surface area contributed by atoms with Gasteiger partial charge in [0, 0.05) is 26.2 Å². The van der Waals surface area contributed by atoms with E-state index in [-0.39, 0.29) is 6.15 Å². The fourth-order valence-electron chi connectivity index (χ4n) is 1.25. The van der Waals surface area contributed by atoms with Crippen LogP contribution in [0.3, 0.4) is 0 Å². The van der Waals surface area contributed by atoms with Crippen molar-refractivity contribution in [1.29, 1.82) is 0 Å². The van der Waals surface area contributed by atoms with Gasteiger partial charge in [-0.05, 0) is 13.0 Å². The predicted molar refractivity (Wildman–Crippen MR) is 44.6 cm³/mol. The molecule has 0 bridgehead atoms. The molecule has 0 atom stereocenters. The summed E-state index contributed by atoms with van der Waals surface area (Å²) < 4.78 is 0. The molecule has 1 rings (SSSR count). The monoisotopic (exact) mass is 145 g/mol. The van der Waals surface area contributed by atoms with Crippen LogP contribution in [0.15, 0.2) is 0 Å². The van der Waals surface area contributed by atoms with Crippen molar-refractivity contribution in [1.82, 2.24) is 16.4 Å². The van der Waals surface area contributed by atoms with E-state index in [0.29, 0.717) is 0 Å². The first-order chi connectivity index (χ1) is 4.43. The van der Waals surface area contributed by atoms with E-state index < -0.39 is 0 Å². The third kappa shape index (κ3) is 3.15. The van der Waals surface area contributed by atoms with Crippen molar-refractivity contribution in [2.24, 2.45) is 0 Å². The Balaban J connectivity index is 0.000000810. The normalized spacial score (nSPS) is 20.1. The molecule has 1 aliphatic heterocycles. The van der Waals surface area contributed by atoms with Crippen LogP contribution in [0.2, 0.25) is 0 Å². The van der Waals surface area contributed by atoms with Crippen molar-refractivity contribution < 1.29 is 0 Å². The molecular formula is C7H19N3. The molecule has 3 heteroatoms. The Kier molecular flexibility index (Phi) is 5.58. The maximum atomic E-state index is 3.33. The molecule has 0 spiro atoms. The molecule has 1 saturated heterocycles. The molecule has 62 valence electrons. The highest BCUT2D eigenvalue weighted by molar-refractivity contribution is 4.65. The lowest BCUT2D eigenvalue weighted by molar-refractivity contribution is 0.241. The molecule has 0 saturated carbocycles. The first-order valence-corrected chi connectivity index (χ1v) is 3.86. The van der Waals surface area contributed by atoms with Gasteiger partial charge in [-0.2, -0.15) is 0 Å². The second-order valence-electron chi connectivity index (χ2n) is 2.59. The molecule has 1 aliphatic rings. The smallest absolute Gasteiger partial charge is 0.0107 e. The summed E-state index contributed by atoms with van der Waals surface area (Å²) in [6.07, 6.45) is 1.29. The Morgan fingerprint density at radius 2 is 1.90 bits per heavy atom. The Morgan fingerprint density at radius 1 is 1.30 bits per heavy atom. The van der Waals surface area contributed by atoms with Gasteiger partial charge < -0.3 is 16.4 Å². The predicted octanol–water partition coefficient (Wildman–Crippen LogP) is 0.464. The average molecular weight is 145 g/mol. The van der Waals surface area contributed by atoms with E-state index in [1.165, 1.54) is 39.1 Å². The van der Waals surface area contributed by atoms with Crippen LogP contribution in [-0.4, -0.2) is 37.6 Å². The first kappa shape index (κ1) is 9.88. The zero-order valence-electron chi connectivity index (χ0n) is 6.90. The van der Waals surface area contributed by atoms with Crippen LogP contribution in [-0.2, 0) is 0 Å². The number of rotatable bonds is 2. The molecule has 0 radical (unpaired) electrons. The second kappa shape index (κ2) is 5.65. The highest BCUT2D eigenvalue weighted by atomic mass is 15.2. The van der Waals surface area contributed by atoms with Crippen LogP contribution in [0.25, 0.3) is 0 Å². The second-order valence-corrected chi connectivity index (χ2v) is 2.59. The topological polar surface area (TPSA) is 50.3 Å². The van der Waals surface area contributed by atoms with Crippen molar-refractivity contribution in [3.8, 4) is 0 Å². The molecule has 0 amide bonds. The van der Waals surface area contributed by atoms with Crippen molar-refractivity contribution in [3.63, 3.8) is 0 Å². The van der Waals surface area contributed by atoms with E-state index in [1.54, 1.807) is 0 Å². The third-order valence-corrected chi connectivity index (χ3v) is 1.75. The molecule has 0 aromatic heterocycles. The third-order valence-electron chi connectivity index (χ3n) is 1.75. The molecule has 0 aromatic rings. The van der Waals surface area contributed by atoms with Gasteiger partial charge in [0.2, 0.25) is 0 Å². The number of nitrogens with zero attached hydrogens (tertiary/aromatic N) is 1. The van der Waals surface area contributed by atoms with E-state index in [4.69, 9.17) is 0 Å². The highest BCUT2D eigenvalue weighted by Gasteiger charge is 2.06. The summed E-state index contributed by atoms with van der Waals surface area (Å²) in [6, 6.07) is 0. The van der Waals surface area contributed by atoms with Gasteiger partial charge in [0.15, 0.2) is 0 Å². The van der Waals surface area contributed by atoms with E-state index in [2.05, 4.69) is 17.1 Å². The number of hydrogen-bond donors (Lipinski definition) is 2. The summed E-state index contributed by atoms with van der Waals surface area (Å²) in [5, 5.41) is 3.33. The molecule has 3 nitrogen and oxygen atoms in total. The van der Waals surface area contributed by atoms with Gasteiger partial charge >= 0.3 is 0 Å². The lowest BCUT2D eigenvalue weighted by Crippen LogP contribution is -2.43. The quantitative estimate of drug-likeness (QED) is 0.593. The highest BCUT2D eigenvalue weighted by Crippen LogP contribution is 1.92. The van der Waals surface area contributed by atoms with Gasteiger partial charge in [-0.15, -0.1) is 0 Å². The largest absolute Gasteiger partial charge is 0.344 e. The van der Waals surface area contributed by atoms with E-state index >= 15 is 0 Å². The zero-order chi connectivity index (χ0) is 6.53. The molecule has 0 aromatic carbocycles. The summed E-state index contributed by atoms with van der Waals surface area (Å²) in [5.41, 5.74) is 0. The first-order valence-electron chi connectivity index (χ1n) is 3.86. The van der Waals surface area contributed by atoms with Gasteiger partial charge in [-0.1, -0.05) is 6.92 Å². The fourth-order valence-corrected chi connectivity index (χ4v) is 1.25. The Hall–Kier alpha value is -0.120. The summed E-state index contributed by atoms with van der Waals surface area (Å²) in [6.45, 7) is 8.37. The van der Waals surface area contributed by atoms with Crippen molar-refractivity contribution in [2.75, 3.05) is 32.7 Å². The number of hydrogen-bond acceptors (Lipinski definition) is 3. The Bertz CT molecular complexity index is 66.5. The zero-order valence-corrected chi connectivity index (χ0v) is 6.90. The maximum absolute atomic E-state index is 3.33. The molecule has 0 unspecified atom stereocenters. The van der Waals surface area contributed by atoms with Gasteiger partial charge in [0.05, 0.1) is 0 Å². The van der Waals surface area contributed by atoms with E-state index in [0.717, 1.165) is 0 Å². The van der Waals surface area contributed by atoms with Crippen LogP contribution in [0.1, 0.15) is 13.3 Å². The van der Waals surface area contributed by atoms with E-state index in [1.807, 2.05) is 0 Å². The Labute approximate surface area is 63.4 Å². The standard InChI is InChI=1S/C7H16N2.H3N/c1-2-5-9-6-3-8-4-7-9;/h8H,2-7H2,1H3;1H3. The average Bonchev–Trinajstić information content (AvgIpc) is 1.91. The lowest BCUT2D eigenvalue weighted by Gasteiger charge is -2.26. The van der Waals surface area contributed by atoms with Crippen LogP contribution >= 0.6 is 0 Å². The lowest BCUT2D eigenvalue weighted by atomic mass is 10.3. The maximum Gasteiger partial charge on any atom is 0.0107 e. The molecule has 4 N–H and O–H groups in total. The van der Waals surface area contributed by atoms with Gasteiger partial charge in [-0.25, -0.2) is 0 Å². The Morgan fingerprint density at radius 3 is 2.40 bits per heavy atom. The molecular weight excluding hydrogens is 126 g/mol. The minimum absolute atomic E-state index is 0. The fraction of sp³-hybridized carbons (Fsp3) is 1.00. The molecule has 1 heterocycles. The molecule has 0 aliphatic carbocycles. The minimum atomic E-state index is 0. The summed E-state index contributed by atoms with van der Waals surface area (Å²) in [7, 11) is 0. The van der Waals surface area contributed by atoms with Gasteiger partial charge in [0.1, 0.15) is 0 Å². The van der Waals surface area contributed by atoms with Crippen molar-refractivity contribution in [2.45, 2.75) is 13.3 Å². The number of piperazine rings is 1. The van der Waals surface area contributed by atoms with Crippen molar-refractivity contribution in [3.05, 3.63) is 0 Å². The minimum Gasteiger partial charge on any atom is -0.344 e. The van der Waals surface area contributed by atoms with Gasteiger partial charge in [0.25, 0.3) is 0 Å². The van der Waals surface area contributed by atoms with Gasteiger partial charge in [-0.3, -0.25) is 0 Å². The summed E-state index contributed by atoms with van der Waals surface area (Å²) in [4.78, 5) is 2.51. The van der Waals surface area contributed by atoms with Crippen LogP contribution in [0.5, 0.6) is 0 Å². The van der Waals surface area contributed by atoms with Crippen LogP contribution < -0.4 is 11.5 Å². The molecule has 10 heavy (non-hydrogen) atoms. The summed E-state index contributed by atoms with van der Waals surface area (Å²) >= 11 is 0.